The molecule has 0 saturated carbocycles. The van der Waals surface area contributed by atoms with Gasteiger partial charge in [-0.3, -0.25) is 9.78 Å². The highest BCUT2D eigenvalue weighted by Gasteiger charge is 2.35. The van der Waals surface area contributed by atoms with Gasteiger partial charge in [-0.2, -0.15) is 0 Å². The maximum atomic E-state index is 12.8. The number of carbonyl (C=O) groups is 1. The largest absolute Gasteiger partial charge is 0.334 e. The molecular formula is C17H22N4O. The van der Waals surface area contributed by atoms with Crippen molar-refractivity contribution in [3.05, 3.63) is 48.3 Å². The maximum absolute atomic E-state index is 12.8. The average Bonchev–Trinajstić information content (AvgIpc) is 3.14. The number of imidazole rings is 1. The van der Waals surface area contributed by atoms with E-state index in [-0.39, 0.29) is 11.9 Å². The van der Waals surface area contributed by atoms with E-state index in [9.17, 15) is 4.79 Å². The molecule has 0 spiro atoms. The smallest absolute Gasteiger partial charge is 0.274 e. The molecule has 2 aromatic rings. The minimum atomic E-state index is 0.0117. The Bertz CT molecular complexity index is 650. The van der Waals surface area contributed by atoms with Gasteiger partial charge in [0.2, 0.25) is 0 Å². The van der Waals surface area contributed by atoms with Crippen molar-refractivity contribution in [3.8, 4) is 0 Å². The number of pyridine rings is 1. The number of aromatic nitrogens is 3. The zero-order chi connectivity index (χ0) is 15.7. The van der Waals surface area contributed by atoms with E-state index in [1.807, 2.05) is 34.0 Å². The van der Waals surface area contributed by atoms with Gasteiger partial charge in [0.1, 0.15) is 5.69 Å². The second kappa shape index (κ2) is 5.91. The fourth-order valence-electron chi connectivity index (χ4n) is 3.04. The van der Waals surface area contributed by atoms with Crippen LogP contribution in [0.3, 0.4) is 0 Å². The van der Waals surface area contributed by atoms with Gasteiger partial charge >= 0.3 is 0 Å². The number of nitrogens with zero attached hydrogens (tertiary/aromatic N) is 4. The molecule has 2 aromatic heterocycles. The first-order valence-corrected chi connectivity index (χ1v) is 7.80. The summed E-state index contributed by atoms with van der Waals surface area (Å²) in [6.45, 7) is 7.11. The fourth-order valence-corrected chi connectivity index (χ4v) is 3.04. The van der Waals surface area contributed by atoms with E-state index in [0.717, 1.165) is 18.5 Å². The van der Waals surface area contributed by atoms with Crippen molar-refractivity contribution in [3.63, 3.8) is 0 Å². The van der Waals surface area contributed by atoms with Crippen molar-refractivity contribution in [2.24, 2.45) is 5.92 Å². The second-order valence-electron chi connectivity index (χ2n) is 6.40. The van der Waals surface area contributed by atoms with E-state index < -0.39 is 0 Å². The molecule has 1 aliphatic heterocycles. The maximum Gasteiger partial charge on any atom is 0.274 e. The summed E-state index contributed by atoms with van der Waals surface area (Å²) in [5, 5.41) is 0. The normalized spacial score (nSPS) is 21.5. The standard InChI is InChI=1S/C17H22N4O/c1-12(2)20-10-15(19-11-20)17(22)21-9-13(3)7-16(21)14-5-4-6-18-8-14/h4-6,8,10-13,16H,7,9H2,1-3H3/t13-,16+/m0/s1. The van der Waals surface area contributed by atoms with Crippen LogP contribution in [-0.2, 0) is 0 Å². The van der Waals surface area contributed by atoms with Crippen LogP contribution in [0, 0.1) is 5.92 Å². The van der Waals surface area contributed by atoms with Crippen LogP contribution in [0.25, 0.3) is 0 Å². The lowest BCUT2D eigenvalue weighted by Crippen LogP contribution is -2.31. The topological polar surface area (TPSA) is 51.0 Å². The van der Waals surface area contributed by atoms with Gasteiger partial charge in [0.25, 0.3) is 5.91 Å². The minimum Gasteiger partial charge on any atom is -0.334 e. The highest BCUT2D eigenvalue weighted by molar-refractivity contribution is 5.92. The number of carbonyl (C=O) groups excluding carboxylic acids is 1. The molecule has 22 heavy (non-hydrogen) atoms. The van der Waals surface area contributed by atoms with Crippen molar-refractivity contribution >= 4 is 5.91 Å². The number of rotatable bonds is 3. The number of hydrogen-bond acceptors (Lipinski definition) is 3. The summed E-state index contributed by atoms with van der Waals surface area (Å²) in [4.78, 5) is 23.3. The summed E-state index contributed by atoms with van der Waals surface area (Å²) in [6, 6.07) is 4.37. The van der Waals surface area contributed by atoms with Crippen LogP contribution in [0.4, 0.5) is 0 Å². The molecule has 1 amide bonds. The van der Waals surface area contributed by atoms with E-state index in [0.29, 0.717) is 17.7 Å². The van der Waals surface area contributed by atoms with Gasteiger partial charge in [0, 0.05) is 31.2 Å². The molecule has 116 valence electrons. The lowest BCUT2D eigenvalue weighted by molar-refractivity contribution is 0.0726. The molecule has 1 saturated heterocycles. The summed E-state index contributed by atoms with van der Waals surface area (Å²) >= 11 is 0. The highest BCUT2D eigenvalue weighted by atomic mass is 16.2. The van der Waals surface area contributed by atoms with Gasteiger partial charge in [-0.05, 0) is 37.8 Å². The van der Waals surface area contributed by atoms with E-state index in [1.54, 1.807) is 12.5 Å². The number of likely N-dealkylation sites (tertiary alicyclic amines) is 1. The van der Waals surface area contributed by atoms with Gasteiger partial charge in [-0.1, -0.05) is 13.0 Å². The Labute approximate surface area is 131 Å². The van der Waals surface area contributed by atoms with Crippen molar-refractivity contribution in [2.75, 3.05) is 6.54 Å². The van der Waals surface area contributed by atoms with E-state index in [2.05, 4.69) is 30.7 Å². The highest BCUT2D eigenvalue weighted by Crippen LogP contribution is 2.35. The van der Waals surface area contributed by atoms with Crippen molar-refractivity contribution in [1.29, 1.82) is 0 Å². The fraction of sp³-hybridized carbons (Fsp3) is 0.471. The van der Waals surface area contributed by atoms with Crippen LogP contribution < -0.4 is 0 Å². The molecule has 0 radical (unpaired) electrons. The molecule has 1 aliphatic rings. The first-order valence-electron chi connectivity index (χ1n) is 7.80. The Kier molecular flexibility index (Phi) is 3.96. The summed E-state index contributed by atoms with van der Waals surface area (Å²) in [7, 11) is 0. The molecule has 0 bridgehead atoms. The zero-order valence-electron chi connectivity index (χ0n) is 13.3. The van der Waals surface area contributed by atoms with Crippen LogP contribution in [-0.4, -0.2) is 31.9 Å². The molecule has 3 heterocycles. The molecule has 0 unspecified atom stereocenters. The van der Waals surface area contributed by atoms with Gasteiger partial charge < -0.3 is 9.47 Å². The van der Waals surface area contributed by atoms with Crippen LogP contribution in [0.15, 0.2) is 37.1 Å². The van der Waals surface area contributed by atoms with Crippen LogP contribution >= 0.6 is 0 Å². The summed E-state index contributed by atoms with van der Waals surface area (Å²) < 4.78 is 1.96. The Hall–Kier alpha value is -2.17. The van der Waals surface area contributed by atoms with Crippen LogP contribution in [0.2, 0.25) is 0 Å². The number of amides is 1. The van der Waals surface area contributed by atoms with E-state index >= 15 is 0 Å². The predicted molar refractivity (Wildman–Crippen MR) is 84.4 cm³/mol. The van der Waals surface area contributed by atoms with Crippen molar-refractivity contribution < 1.29 is 4.79 Å². The molecule has 5 nitrogen and oxygen atoms in total. The molecule has 5 heteroatoms. The lowest BCUT2D eigenvalue weighted by atomic mass is 10.0. The third-order valence-corrected chi connectivity index (χ3v) is 4.26. The van der Waals surface area contributed by atoms with Crippen LogP contribution in [0.5, 0.6) is 0 Å². The molecule has 2 atom stereocenters. The Balaban J connectivity index is 1.86. The first kappa shape index (κ1) is 14.8. The lowest BCUT2D eigenvalue weighted by Gasteiger charge is -2.24. The first-order chi connectivity index (χ1) is 10.6. The second-order valence-corrected chi connectivity index (χ2v) is 6.40. The van der Waals surface area contributed by atoms with Gasteiger partial charge in [0.05, 0.1) is 12.4 Å². The SMILES string of the molecule is CC(C)n1cnc(C(=O)N2C[C@@H](C)C[C@@H]2c2cccnc2)c1. The van der Waals surface area contributed by atoms with E-state index in [1.165, 1.54) is 0 Å². The Morgan fingerprint density at radius 1 is 1.41 bits per heavy atom. The summed E-state index contributed by atoms with van der Waals surface area (Å²) in [5.74, 6) is 0.499. The average molecular weight is 298 g/mol. The van der Waals surface area contributed by atoms with Gasteiger partial charge in [-0.25, -0.2) is 4.98 Å². The molecule has 0 N–H and O–H groups in total. The Morgan fingerprint density at radius 3 is 2.86 bits per heavy atom. The molecule has 0 aromatic carbocycles. The third-order valence-electron chi connectivity index (χ3n) is 4.26. The Morgan fingerprint density at radius 2 is 2.23 bits per heavy atom. The molecular weight excluding hydrogens is 276 g/mol. The predicted octanol–water partition coefficient (Wildman–Crippen LogP) is 3.08. The van der Waals surface area contributed by atoms with Gasteiger partial charge in [0.15, 0.2) is 0 Å². The molecule has 3 rings (SSSR count). The summed E-state index contributed by atoms with van der Waals surface area (Å²) in [5.41, 5.74) is 1.63. The summed E-state index contributed by atoms with van der Waals surface area (Å²) in [6.07, 6.45) is 8.17. The quantitative estimate of drug-likeness (QED) is 0.875. The molecule has 1 fully saturated rings. The van der Waals surface area contributed by atoms with E-state index in [4.69, 9.17) is 0 Å². The third kappa shape index (κ3) is 2.75. The monoisotopic (exact) mass is 298 g/mol. The van der Waals surface area contributed by atoms with Gasteiger partial charge in [-0.15, -0.1) is 0 Å². The zero-order valence-corrected chi connectivity index (χ0v) is 13.3. The van der Waals surface area contributed by atoms with Crippen LogP contribution in [0.1, 0.15) is 55.3 Å². The van der Waals surface area contributed by atoms with Crippen molar-refractivity contribution in [1.82, 2.24) is 19.4 Å². The minimum absolute atomic E-state index is 0.0117. The van der Waals surface area contributed by atoms with Crippen molar-refractivity contribution in [2.45, 2.75) is 39.3 Å². The number of hydrogen-bond donors (Lipinski definition) is 0. The molecule has 0 aliphatic carbocycles.